The maximum absolute atomic E-state index is 12.1. The molecule has 0 spiro atoms. The molecule has 0 heterocycles. The van der Waals surface area contributed by atoms with E-state index in [0.717, 1.165) is 12.8 Å². The van der Waals surface area contributed by atoms with Gasteiger partial charge in [0.25, 0.3) is 5.69 Å². The zero-order valence-corrected chi connectivity index (χ0v) is 12.7. The summed E-state index contributed by atoms with van der Waals surface area (Å²) in [7, 11) is -3.62. The van der Waals surface area contributed by atoms with E-state index in [2.05, 4.69) is 18.6 Å². The van der Waals surface area contributed by atoms with Gasteiger partial charge in [-0.05, 0) is 37.8 Å². The molecular weight excluding hydrogens is 280 g/mol. The van der Waals surface area contributed by atoms with Gasteiger partial charge in [0.15, 0.2) is 0 Å². The fraction of sp³-hybridized carbons (Fsp3) is 0.538. The summed E-state index contributed by atoms with van der Waals surface area (Å²) in [4.78, 5) is 10.0. The van der Waals surface area contributed by atoms with Gasteiger partial charge in [0.1, 0.15) is 0 Å². The summed E-state index contributed by atoms with van der Waals surface area (Å²) in [5.41, 5.74) is -0.128. The maximum atomic E-state index is 12.1. The van der Waals surface area contributed by atoms with Crippen LogP contribution >= 0.6 is 0 Å². The van der Waals surface area contributed by atoms with Crippen molar-refractivity contribution in [2.75, 3.05) is 0 Å². The van der Waals surface area contributed by atoms with E-state index in [4.69, 9.17) is 0 Å². The maximum Gasteiger partial charge on any atom is 0.269 e. The van der Waals surface area contributed by atoms with Crippen LogP contribution in [-0.2, 0) is 10.0 Å². The Morgan fingerprint density at radius 1 is 1.15 bits per heavy atom. The summed E-state index contributed by atoms with van der Waals surface area (Å²) < 4.78 is 26.8. The number of hydrogen-bond acceptors (Lipinski definition) is 4. The summed E-state index contributed by atoms with van der Waals surface area (Å²) in [6, 6.07) is 4.70. The Morgan fingerprint density at radius 3 is 2.15 bits per heavy atom. The number of rotatable bonds is 7. The second-order valence-electron chi connectivity index (χ2n) is 5.24. The summed E-state index contributed by atoms with van der Waals surface area (Å²) in [6.07, 6.45) is 1.69. The first-order valence-corrected chi connectivity index (χ1v) is 7.97. The summed E-state index contributed by atoms with van der Waals surface area (Å²) in [6.45, 7) is 5.97. The number of sulfonamides is 1. The minimum atomic E-state index is -3.62. The Kier molecular flexibility index (Phi) is 5.64. The van der Waals surface area contributed by atoms with Gasteiger partial charge < -0.3 is 0 Å². The Morgan fingerprint density at radius 2 is 1.70 bits per heavy atom. The third kappa shape index (κ3) is 4.90. The molecule has 1 rings (SSSR count). The van der Waals surface area contributed by atoms with E-state index in [1.165, 1.54) is 24.3 Å². The quantitative estimate of drug-likeness (QED) is 0.619. The molecule has 0 fully saturated rings. The highest BCUT2D eigenvalue weighted by molar-refractivity contribution is 7.89. The van der Waals surface area contributed by atoms with Gasteiger partial charge in [0.2, 0.25) is 10.0 Å². The predicted molar refractivity (Wildman–Crippen MR) is 77.0 cm³/mol. The first-order valence-electron chi connectivity index (χ1n) is 6.49. The van der Waals surface area contributed by atoms with Crippen molar-refractivity contribution in [3.8, 4) is 0 Å². The third-order valence-corrected chi connectivity index (χ3v) is 4.50. The molecular formula is C13H20N2O4S. The van der Waals surface area contributed by atoms with E-state index in [-0.39, 0.29) is 16.6 Å². The first-order chi connectivity index (χ1) is 9.22. The minimum Gasteiger partial charge on any atom is -0.258 e. The Labute approximate surface area is 119 Å². The van der Waals surface area contributed by atoms with Gasteiger partial charge in [-0.1, -0.05) is 13.8 Å². The highest BCUT2D eigenvalue weighted by atomic mass is 32.2. The fourth-order valence-electron chi connectivity index (χ4n) is 1.72. The van der Waals surface area contributed by atoms with Crippen molar-refractivity contribution in [1.29, 1.82) is 0 Å². The second kappa shape index (κ2) is 6.81. The zero-order valence-electron chi connectivity index (χ0n) is 11.9. The lowest BCUT2D eigenvalue weighted by atomic mass is 10.1. The Bertz CT molecular complexity index is 552. The molecule has 0 bridgehead atoms. The van der Waals surface area contributed by atoms with Crippen LogP contribution in [0.5, 0.6) is 0 Å². The van der Waals surface area contributed by atoms with Gasteiger partial charge in [-0.3, -0.25) is 10.1 Å². The molecule has 0 aromatic heterocycles. The minimum absolute atomic E-state index is 0.0412. The molecule has 6 nitrogen and oxygen atoms in total. The molecule has 0 saturated carbocycles. The molecule has 1 atom stereocenters. The lowest BCUT2D eigenvalue weighted by Crippen LogP contribution is -2.32. The second-order valence-corrected chi connectivity index (χ2v) is 6.96. The molecule has 1 N–H and O–H groups in total. The number of hydrogen-bond donors (Lipinski definition) is 1. The molecule has 7 heteroatoms. The lowest BCUT2D eigenvalue weighted by Gasteiger charge is -2.15. The van der Waals surface area contributed by atoms with Crippen LogP contribution in [0.15, 0.2) is 29.2 Å². The normalized spacial score (nSPS) is 13.4. The number of non-ortho nitro benzene ring substituents is 1. The average molecular weight is 300 g/mol. The van der Waals surface area contributed by atoms with Gasteiger partial charge in [0, 0.05) is 18.2 Å². The topological polar surface area (TPSA) is 89.3 Å². The summed E-state index contributed by atoms with van der Waals surface area (Å²) in [5.74, 6) is 0.515. The average Bonchev–Trinajstić information content (AvgIpc) is 2.36. The van der Waals surface area contributed by atoms with Crippen molar-refractivity contribution >= 4 is 15.7 Å². The van der Waals surface area contributed by atoms with E-state index in [1.54, 1.807) is 0 Å². The summed E-state index contributed by atoms with van der Waals surface area (Å²) >= 11 is 0. The highest BCUT2D eigenvalue weighted by Crippen LogP contribution is 2.16. The van der Waals surface area contributed by atoms with Crippen LogP contribution < -0.4 is 4.72 Å². The van der Waals surface area contributed by atoms with Crippen LogP contribution in [0.3, 0.4) is 0 Å². The number of nitro benzene ring substituents is 1. The van der Waals surface area contributed by atoms with Gasteiger partial charge in [-0.15, -0.1) is 0 Å². The largest absolute Gasteiger partial charge is 0.269 e. The third-order valence-electron chi connectivity index (χ3n) is 2.89. The zero-order chi connectivity index (χ0) is 15.3. The van der Waals surface area contributed by atoms with Gasteiger partial charge >= 0.3 is 0 Å². The van der Waals surface area contributed by atoms with Crippen molar-refractivity contribution in [1.82, 2.24) is 4.72 Å². The monoisotopic (exact) mass is 300 g/mol. The number of nitrogens with one attached hydrogen (secondary N) is 1. The fourth-order valence-corrected chi connectivity index (χ4v) is 3.00. The number of nitro groups is 1. The number of benzene rings is 1. The van der Waals surface area contributed by atoms with Crippen LogP contribution in [-0.4, -0.2) is 19.4 Å². The molecule has 1 aromatic carbocycles. The van der Waals surface area contributed by atoms with Crippen LogP contribution in [0, 0.1) is 16.0 Å². The predicted octanol–water partition coefficient (Wildman–Crippen LogP) is 2.70. The first kappa shape index (κ1) is 16.6. The molecule has 0 amide bonds. The summed E-state index contributed by atoms with van der Waals surface area (Å²) in [5, 5.41) is 10.5. The smallest absolute Gasteiger partial charge is 0.258 e. The molecule has 1 aromatic rings. The SMILES string of the molecule is CC(C)CCC(C)NS(=O)(=O)c1ccc([N+](=O)[O-])cc1. The molecule has 20 heavy (non-hydrogen) atoms. The lowest BCUT2D eigenvalue weighted by molar-refractivity contribution is -0.384. The van der Waals surface area contributed by atoms with Crippen molar-refractivity contribution in [3.63, 3.8) is 0 Å². The van der Waals surface area contributed by atoms with Crippen LogP contribution in [0.4, 0.5) is 5.69 Å². The van der Waals surface area contributed by atoms with Gasteiger partial charge in [-0.2, -0.15) is 0 Å². The van der Waals surface area contributed by atoms with E-state index in [1.807, 2.05) is 6.92 Å². The van der Waals surface area contributed by atoms with Crippen LogP contribution in [0.25, 0.3) is 0 Å². The van der Waals surface area contributed by atoms with E-state index < -0.39 is 14.9 Å². The molecule has 112 valence electrons. The van der Waals surface area contributed by atoms with Crippen LogP contribution in [0.1, 0.15) is 33.6 Å². The standard InChI is InChI=1S/C13H20N2O4S/c1-10(2)4-5-11(3)14-20(18,19)13-8-6-12(7-9-13)15(16)17/h6-11,14H,4-5H2,1-3H3. The molecule has 0 aliphatic heterocycles. The van der Waals surface area contributed by atoms with E-state index >= 15 is 0 Å². The van der Waals surface area contributed by atoms with Crippen LogP contribution in [0.2, 0.25) is 0 Å². The van der Waals surface area contributed by atoms with Crippen molar-refractivity contribution in [2.24, 2.45) is 5.92 Å². The highest BCUT2D eigenvalue weighted by Gasteiger charge is 2.18. The van der Waals surface area contributed by atoms with E-state index in [9.17, 15) is 18.5 Å². The van der Waals surface area contributed by atoms with E-state index in [0.29, 0.717) is 5.92 Å². The number of nitrogens with zero attached hydrogens (tertiary/aromatic N) is 1. The van der Waals surface area contributed by atoms with Crippen molar-refractivity contribution in [2.45, 2.75) is 44.6 Å². The Hall–Kier alpha value is -1.47. The van der Waals surface area contributed by atoms with Crippen molar-refractivity contribution in [3.05, 3.63) is 34.4 Å². The van der Waals surface area contributed by atoms with Gasteiger partial charge in [-0.25, -0.2) is 13.1 Å². The Balaban J connectivity index is 2.75. The molecule has 0 saturated heterocycles. The van der Waals surface area contributed by atoms with Crippen molar-refractivity contribution < 1.29 is 13.3 Å². The molecule has 0 radical (unpaired) electrons. The molecule has 0 aliphatic carbocycles. The molecule has 1 unspecified atom stereocenters. The molecule has 0 aliphatic rings. The van der Waals surface area contributed by atoms with Gasteiger partial charge in [0.05, 0.1) is 9.82 Å².